The number of furan rings is 1. The van der Waals surface area contributed by atoms with Crippen LogP contribution in [0.5, 0.6) is 0 Å². The van der Waals surface area contributed by atoms with Gasteiger partial charge in [-0.2, -0.15) is 0 Å². The fraction of sp³-hybridized carbons (Fsp3) is 0.250. The van der Waals surface area contributed by atoms with Gasteiger partial charge in [-0.05, 0) is 25.5 Å². The number of nitrogens with one attached hydrogen (secondary N) is 1. The molecule has 2 aromatic heterocycles. The molecular weight excluding hydrogens is 360 g/mol. The van der Waals surface area contributed by atoms with Crippen molar-refractivity contribution < 1.29 is 9.21 Å². The molecule has 3 rings (SSSR count). The number of hydrogen-bond acceptors (Lipinski definition) is 5. The Morgan fingerprint density at radius 2 is 2.04 bits per heavy atom. The zero-order chi connectivity index (χ0) is 19.2. The van der Waals surface area contributed by atoms with Gasteiger partial charge in [0, 0.05) is 13.1 Å². The third kappa shape index (κ3) is 4.68. The fourth-order valence-electron chi connectivity index (χ4n) is 2.59. The lowest BCUT2D eigenvalue weighted by atomic mass is 10.1. The number of benzene rings is 1. The van der Waals surface area contributed by atoms with Gasteiger partial charge in [0.05, 0.1) is 17.6 Å². The molecule has 0 atom stereocenters. The number of amides is 1. The van der Waals surface area contributed by atoms with Crippen LogP contribution >= 0.6 is 11.8 Å². The van der Waals surface area contributed by atoms with E-state index in [2.05, 4.69) is 22.1 Å². The molecule has 140 valence electrons. The van der Waals surface area contributed by atoms with Crippen LogP contribution in [0.4, 0.5) is 0 Å². The smallest absolute Gasteiger partial charge is 0.230 e. The molecule has 0 saturated heterocycles. The van der Waals surface area contributed by atoms with Crippen LogP contribution < -0.4 is 5.32 Å². The second kappa shape index (κ2) is 8.73. The predicted molar refractivity (Wildman–Crippen MR) is 106 cm³/mol. The molecule has 2 heterocycles. The molecule has 0 aliphatic carbocycles. The number of carbonyl (C=O) groups excluding carboxylic acids is 1. The molecule has 0 spiro atoms. The van der Waals surface area contributed by atoms with Crippen molar-refractivity contribution in [2.24, 2.45) is 0 Å². The lowest BCUT2D eigenvalue weighted by molar-refractivity contribution is -0.118. The Labute approximate surface area is 162 Å². The van der Waals surface area contributed by atoms with Crippen molar-refractivity contribution in [1.82, 2.24) is 20.1 Å². The van der Waals surface area contributed by atoms with Gasteiger partial charge in [-0.1, -0.05) is 47.7 Å². The number of aromatic nitrogens is 3. The summed E-state index contributed by atoms with van der Waals surface area (Å²) in [4.78, 5) is 12.2. The van der Waals surface area contributed by atoms with Gasteiger partial charge in [-0.25, -0.2) is 0 Å². The summed E-state index contributed by atoms with van der Waals surface area (Å²) in [5.74, 6) is 1.71. The van der Waals surface area contributed by atoms with E-state index in [0.29, 0.717) is 24.1 Å². The van der Waals surface area contributed by atoms with Crippen LogP contribution in [0.2, 0.25) is 0 Å². The first-order valence-electron chi connectivity index (χ1n) is 8.62. The van der Waals surface area contributed by atoms with Crippen LogP contribution in [0.1, 0.15) is 16.9 Å². The zero-order valence-corrected chi connectivity index (χ0v) is 16.3. The molecule has 27 heavy (non-hydrogen) atoms. The Balaban J connectivity index is 1.62. The summed E-state index contributed by atoms with van der Waals surface area (Å²) in [6.07, 6.45) is 3.41. The van der Waals surface area contributed by atoms with Crippen molar-refractivity contribution in [3.63, 3.8) is 0 Å². The summed E-state index contributed by atoms with van der Waals surface area (Å²) in [6, 6.07) is 9.97. The van der Waals surface area contributed by atoms with Gasteiger partial charge in [-0.3, -0.25) is 9.36 Å². The van der Waals surface area contributed by atoms with Gasteiger partial charge in [0.15, 0.2) is 11.0 Å². The largest absolute Gasteiger partial charge is 0.469 e. The minimum absolute atomic E-state index is 0.0465. The van der Waals surface area contributed by atoms with Gasteiger partial charge in [0.1, 0.15) is 5.76 Å². The van der Waals surface area contributed by atoms with E-state index >= 15 is 0 Å². The molecule has 1 amide bonds. The lowest BCUT2D eigenvalue weighted by Crippen LogP contribution is -2.24. The molecule has 1 N–H and O–H groups in total. The molecule has 0 saturated carbocycles. The highest BCUT2D eigenvalue weighted by Crippen LogP contribution is 2.27. The molecule has 0 aliphatic heterocycles. The zero-order valence-electron chi connectivity index (χ0n) is 15.4. The highest BCUT2D eigenvalue weighted by atomic mass is 32.2. The fourth-order valence-corrected chi connectivity index (χ4v) is 3.37. The summed E-state index contributed by atoms with van der Waals surface area (Å²) >= 11 is 1.36. The van der Waals surface area contributed by atoms with Crippen LogP contribution in [-0.2, 0) is 17.9 Å². The van der Waals surface area contributed by atoms with Gasteiger partial charge in [0.25, 0.3) is 0 Å². The minimum atomic E-state index is -0.0465. The molecule has 7 heteroatoms. The van der Waals surface area contributed by atoms with E-state index in [-0.39, 0.29) is 11.7 Å². The summed E-state index contributed by atoms with van der Waals surface area (Å²) in [6.45, 7) is 8.79. The van der Waals surface area contributed by atoms with E-state index in [1.807, 2.05) is 48.7 Å². The van der Waals surface area contributed by atoms with Crippen molar-refractivity contribution in [2.45, 2.75) is 32.1 Å². The number of carbonyl (C=O) groups is 1. The van der Waals surface area contributed by atoms with E-state index in [1.54, 1.807) is 12.3 Å². The van der Waals surface area contributed by atoms with Gasteiger partial charge < -0.3 is 9.73 Å². The highest BCUT2D eigenvalue weighted by Gasteiger charge is 2.17. The average Bonchev–Trinajstić information content (AvgIpc) is 3.25. The summed E-state index contributed by atoms with van der Waals surface area (Å²) < 4.78 is 7.30. The third-order valence-electron chi connectivity index (χ3n) is 4.07. The van der Waals surface area contributed by atoms with Crippen LogP contribution in [0.25, 0.3) is 11.4 Å². The van der Waals surface area contributed by atoms with Crippen molar-refractivity contribution in [1.29, 1.82) is 0 Å². The molecule has 0 bridgehead atoms. The Hall–Kier alpha value is -2.80. The first kappa shape index (κ1) is 19.0. The molecule has 6 nitrogen and oxygen atoms in total. The number of nitrogens with zero attached hydrogens (tertiary/aromatic N) is 3. The van der Waals surface area contributed by atoms with Crippen molar-refractivity contribution in [3.8, 4) is 11.4 Å². The quantitative estimate of drug-likeness (QED) is 0.474. The van der Waals surface area contributed by atoms with Crippen molar-refractivity contribution in [2.75, 3.05) is 5.75 Å². The van der Waals surface area contributed by atoms with E-state index in [1.165, 1.54) is 17.3 Å². The Kier molecular flexibility index (Phi) is 6.13. The maximum atomic E-state index is 12.2. The number of aryl methyl sites for hydroxylation is 2. The summed E-state index contributed by atoms with van der Waals surface area (Å²) in [5, 5.41) is 12.1. The first-order valence-corrected chi connectivity index (χ1v) is 9.60. The summed E-state index contributed by atoms with van der Waals surface area (Å²) in [7, 11) is 0. The SMILES string of the molecule is C=CCn1c(SCC(=O)NCc2ccc(C)cc2)nnc1-c1ccoc1C. The number of rotatable bonds is 8. The number of allylic oxidation sites excluding steroid dienone is 1. The second-order valence-electron chi connectivity index (χ2n) is 6.15. The Morgan fingerprint density at radius 1 is 1.26 bits per heavy atom. The van der Waals surface area contributed by atoms with E-state index < -0.39 is 0 Å². The lowest BCUT2D eigenvalue weighted by Gasteiger charge is -2.08. The van der Waals surface area contributed by atoms with Crippen molar-refractivity contribution in [3.05, 3.63) is 66.1 Å². The molecule has 0 unspecified atom stereocenters. The standard InChI is InChI=1S/C20H22N4O2S/c1-4-10-24-19(17-9-11-26-15(17)3)22-23-20(24)27-13-18(25)21-12-16-7-5-14(2)6-8-16/h4-9,11H,1,10,12-13H2,2-3H3,(H,21,25). The molecule has 0 fully saturated rings. The van der Waals surface area contributed by atoms with E-state index in [9.17, 15) is 4.79 Å². The number of thioether (sulfide) groups is 1. The maximum Gasteiger partial charge on any atom is 0.230 e. The number of hydrogen-bond donors (Lipinski definition) is 1. The average molecular weight is 382 g/mol. The van der Waals surface area contributed by atoms with Crippen LogP contribution in [0.15, 0.2) is 58.8 Å². The molecule has 0 radical (unpaired) electrons. The highest BCUT2D eigenvalue weighted by molar-refractivity contribution is 7.99. The molecule has 1 aromatic carbocycles. The van der Waals surface area contributed by atoms with Crippen LogP contribution in [0.3, 0.4) is 0 Å². The summed E-state index contributed by atoms with van der Waals surface area (Å²) in [5.41, 5.74) is 3.16. The van der Waals surface area contributed by atoms with Crippen LogP contribution in [-0.4, -0.2) is 26.4 Å². The van der Waals surface area contributed by atoms with Gasteiger partial charge in [-0.15, -0.1) is 16.8 Å². The van der Waals surface area contributed by atoms with Crippen LogP contribution in [0, 0.1) is 13.8 Å². The first-order chi connectivity index (χ1) is 13.1. The van der Waals surface area contributed by atoms with Gasteiger partial charge in [0.2, 0.25) is 5.91 Å². The second-order valence-corrected chi connectivity index (χ2v) is 7.09. The van der Waals surface area contributed by atoms with E-state index in [0.717, 1.165) is 16.9 Å². The van der Waals surface area contributed by atoms with Crippen molar-refractivity contribution >= 4 is 17.7 Å². The molecule has 3 aromatic rings. The molecule has 0 aliphatic rings. The predicted octanol–water partition coefficient (Wildman–Crippen LogP) is 3.75. The Morgan fingerprint density at radius 3 is 2.70 bits per heavy atom. The Bertz CT molecular complexity index is 928. The maximum absolute atomic E-state index is 12.2. The third-order valence-corrected chi connectivity index (χ3v) is 5.04. The van der Waals surface area contributed by atoms with Gasteiger partial charge >= 0.3 is 0 Å². The van der Waals surface area contributed by atoms with E-state index in [4.69, 9.17) is 4.42 Å². The topological polar surface area (TPSA) is 73.0 Å². The molecular formula is C20H22N4O2S. The minimum Gasteiger partial charge on any atom is -0.469 e. The monoisotopic (exact) mass is 382 g/mol. The normalized spacial score (nSPS) is 10.7.